The Hall–Kier alpha value is -0.710. The molecule has 0 aliphatic heterocycles. The van der Waals surface area contributed by atoms with Crippen molar-refractivity contribution in [3.05, 3.63) is 28.1 Å². The highest BCUT2D eigenvalue weighted by Gasteiger charge is 2.45. The zero-order chi connectivity index (χ0) is 11.2. The summed E-state index contributed by atoms with van der Waals surface area (Å²) in [5.41, 5.74) is 2.38. The van der Waals surface area contributed by atoms with Crippen molar-refractivity contribution in [3.8, 4) is 9.88 Å². The Bertz CT molecular complexity index is 511. The van der Waals surface area contributed by atoms with E-state index in [1.54, 1.807) is 22.7 Å². The molecule has 0 spiro atoms. The number of thiophene rings is 1. The molecule has 16 heavy (non-hydrogen) atoms. The molecule has 0 saturated heterocycles. The number of aryl methyl sites for hydroxylation is 1. The molecular weight excluding hydrogens is 238 g/mol. The second-order valence-electron chi connectivity index (χ2n) is 4.41. The van der Waals surface area contributed by atoms with Crippen LogP contribution in [0.2, 0.25) is 0 Å². The Morgan fingerprint density at radius 3 is 2.81 bits per heavy atom. The first-order valence-corrected chi connectivity index (χ1v) is 7.12. The summed E-state index contributed by atoms with van der Waals surface area (Å²) >= 11 is 3.43. The Morgan fingerprint density at radius 2 is 2.25 bits per heavy atom. The van der Waals surface area contributed by atoms with Gasteiger partial charge in [-0.05, 0) is 36.8 Å². The molecule has 1 aliphatic carbocycles. The van der Waals surface area contributed by atoms with Crippen molar-refractivity contribution in [2.24, 2.45) is 0 Å². The van der Waals surface area contributed by atoms with Crippen molar-refractivity contribution in [3.63, 3.8) is 0 Å². The lowest BCUT2D eigenvalue weighted by atomic mass is 10.1. The van der Waals surface area contributed by atoms with Crippen LogP contribution in [0.25, 0.3) is 9.88 Å². The number of nitrogens with zero attached hydrogens (tertiary/aromatic N) is 1. The molecule has 0 aromatic carbocycles. The van der Waals surface area contributed by atoms with Crippen LogP contribution in [0, 0.1) is 6.92 Å². The zero-order valence-corrected chi connectivity index (χ0v) is 10.7. The van der Waals surface area contributed by atoms with Gasteiger partial charge in [-0.3, -0.25) is 0 Å². The minimum atomic E-state index is -0.0000850. The van der Waals surface area contributed by atoms with Crippen LogP contribution in [0.5, 0.6) is 0 Å². The van der Waals surface area contributed by atoms with Gasteiger partial charge >= 0.3 is 0 Å². The first-order valence-electron chi connectivity index (χ1n) is 5.36. The third-order valence-electron chi connectivity index (χ3n) is 3.26. The van der Waals surface area contributed by atoms with Crippen LogP contribution in [-0.4, -0.2) is 16.7 Å². The molecule has 1 fully saturated rings. The number of thiazole rings is 1. The molecule has 0 radical (unpaired) electrons. The van der Waals surface area contributed by atoms with Gasteiger partial charge in [0.1, 0.15) is 5.01 Å². The van der Waals surface area contributed by atoms with Crippen LogP contribution in [0.1, 0.15) is 24.1 Å². The molecule has 0 amide bonds. The standard InChI is InChI=1S/C12H13NOS2/c1-8-2-5-15-10(8)11-13-9(6-16-11)12(7-14)3-4-12/h2,5-6,14H,3-4,7H2,1H3. The molecule has 2 heterocycles. The van der Waals surface area contributed by atoms with Crippen LogP contribution in [0.3, 0.4) is 0 Å². The van der Waals surface area contributed by atoms with E-state index in [1.807, 2.05) is 0 Å². The highest BCUT2D eigenvalue weighted by atomic mass is 32.1. The fourth-order valence-electron chi connectivity index (χ4n) is 1.86. The molecule has 4 heteroatoms. The van der Waals surface area contributed by atoms with Gasteiger partial charge in [-0.1, -0.05) is 0 Å². The molecule has 2 nitrogen and oxygen atoms in total. The first kappa shape index (κ1) is 10.4. The van der Waals surface area contributed by atoms with E-state index in [4.69, 9.17) is 0 Å². The minimum Gasteiger partial charge on any atom is -0.395 e. The Balaban J connectivity index is 1.97. The van der Waals surface area contributed by atoms with Gasteiger partial charge in [0.25, 0.3) is 0 Å². The molecule has 2 aromatic rings. The molecule has 3 rings (SSSR count). The lowest BCUT2D eigenvalue weighted by Gasteiger charge is -2.06. The summed E-state index contributed by atoms with van der Waals surface area (Å²) in [4.78, 5) is 5.96. The van der Waals surface area contributed by atoms with Crippen molar-refractivity contribution in [2.75, 3.05) is 6.61 Å². The fourth-order valence-corrected chi connectivity index (χ4v) is 3.90. The van der Waals surface area contributed by atoms with Crippen LogP contribution in [0.15, 0.2) is 16.8 Å². The molecule has 1 saturated carbocycles. The topological polar surface area (TPSA) is 33.1 Å². The molecule has 0 unspecified atom stereocenters. The van der Waals surface area contributed by atoms with Gasteiger partial charge in [0.15, 0.2) is 0 Å². The molecule has 2 aromatic heterocycles. The van der Waals surface area contributed by atoms with E-state index < -0.39 is 0 Å². The highest BCUT2D eigenvalue weighted by Crippen LogP contribution is 2.48. The average Bonchev–Trinajstić information content (AvgIpc) is 2.72. The highest BCUT2D eigenvalue weighted by molar-refractivity contribution is 7.20. The molecule has 84 valence electrons. The number of hydrogen-bond acceptors (Lipinski definition) is 4. The van der Waals surface area contributed by atoms with E-state index in [0.29, 0.717) is 0 Å². The van der Waals surface area contributed by atoms with Gasteiger partial charge in [-0.25, -0.2) is 4.98 Å². The van der Waals surface area contributed by atoms with Gasteiger partial charge in [0.05, 0.1) is 17.2 Å². The maximum Gasteiger partial charge on any atom is 0.133 e. The summed E-state index contributed by atoms with van der Waals surface area (Å²) in [7, 11) is 0. The number of hydrogen-bond donors (Lipinski definition) is 1. The lowest BCUT2D eigenvalue weighted by molar-refractivity contribution is 0.253. The Labute approximate surface area is 103 Å². The molecular formula is C12H13NOS2. The van der Waals surface area contributed by atoms with Gasteiger partial charge < -0.3 is 5.11 Å². The van der Waals surface area contributed by atoms with Crippen LogP contribution >= 0.6 is 22.7 Å². The van der Waals surface area contributed by atoms with Gasteiger partial charge in [0.2, 0.25) is 0 Å². The van der Waals surface area contributed by atoms with Gasteiger partial charge in [-0.15, -0.1) is 22.7 Å². The van der Waals surface area contributed by atoms with Crippen molar-refractivity contribution >= 4 is 22.7 Å². The smallest absolute Gasteiger partial charge is 0.133 e. The van der Waals surface area contributed by atoms with Crippen molar-refractivity contribution in [1.82, 2.24) is 4.98 Å². The molecule has 1 N–H and O–H groups in total. The van der Waals surface area contributed by atoms with E-state index in [1.165, 1.54) is 10.4 Å². The van der Waals surface area contributed by atoms with E-state index in [-0.39, 0.29) is 12.0 Å². The van der Waals surface area contributed by atoms with Crippen LogP contribution in [-0.2, 0) is 5.41 Å². The minimum absolute atomic E-state index is 0.0000850. The third-order valence-corrected chi connectivity index (χ3v) is 5.27. The monoisotopic (exact) mass is 251 g/mol. The largest absolute Gasteiger partial charge is 0.395 e. The maximum atomic E-state index is 9.37. The number of aromatic nitrogens is 1. The molecule has 0 atom stereocenters. The lowest BCUT2D eigenvalue weighted by Crippen LogP contribution is -2.11. The second kappa shape index (κ2) is 3.65. The first-order chi connectivity index (χ1) is 7.75. The molecule has 0 bridgehead atoms. The van der Waals surface area contributed by atoms with E-state index >= 15 is 0 Å². The fraction of sp³-hybridized carbons (Fsp3) is 0.417. The summed E-state index contributed by atoms with van der Waals surface area (Å²) in [5.74, 6) is 0. The zero-order valence-electron chi connectivity index (χ0n) is 9.06. The quantitative estimate of drug-likeness (QED) is 0.908. The normalized spacial score (nSPS) is 17.6. The van der Waals surface area contributed by atoms with Crippen molar-refractivity contribution < 1.29 is 5.11 Å². The number of aliphatic hydroxyl groups is 1. The number of aliphatic hydroxyl groups excluding tert-OH is 1. The number of rotatable bonds is 3. The summed E-state index contributed by atoms with van der Waals surface area (Å²) < 4.78 is 0. The van der Waals surface area contributed by atoms with Gasteiger partial charge in [-0.2, -0.15) is 0 Å². The predicted molar refractivity (Wildman–Crippen MR) is 68.2 cm³/mol. The van der Waals surface area contributed by atoms with Gasteiger partial charge in [0, 0.05) is 10.8 Å². The Kier molecular flexibility index (Phi) is 2.38. The maximum absolute atomic E-state index is 9.37. The molecule has 1 aliphatic rings. The summed E-state index contributed by atoms with van der Waals surface area (Å²) in [5, 5.41) is 14.7. The van der Waals surface area contributed by atoms with Crippen LogP contribution < -0.4 is 0 Å². The van der Waals surface area contributed by atoms with E-state index in [0.717, 1.165) is 23.5 Å². The summed E-state index contributed by atoms with van der Waals surface area (Å²) in [6.45, 7) is 2.35. The third kappa shape index (κ3) is 1.52. The van der Waals surface area contributed by atoms with E-state index in [2.05, 4.69) is 28.7 Å². The SMILES string of the molecule is Cc1ccsc1-c1nc(C2(CO)CC2)cs1. The summed E-state index contributed by atoms with van der Waals surface area (Å²) in [6, 6.07) is 2.13. The van der Waals surface area contributed by atoms with Crippen molar-refractivity contribution in [2.45, 2.75) is 25.2 Å². The average molecular weight is 251 g/mol. The second-order valence-corrected chi connectivity index (χ2v) is 6.18. The van der Waals surface area contributed by atoms with Crippen LogP contribution in [0.4, 0.5) is 0 Å². The Morgan fingerprint density at radius 1 is 1.44 bits per heavy atom. The van der Waals surface area contributed by atoms with E-state index in [9.17, 15) is 5.11 Å². The predicted octanol–water partition coefficient (Wildman–Crippen LogP) is 3.20. The summed E-state index contributed by atoms with van der Waals surface area (Å²) in [6.07, 6.45) is 2.16. The van der Waals surface area contributed by atoms with Crippen molar-refractivity contribution in [1.29, 1.82) is 0 Å².